The maximum absolute atomic E-state index is 12.2. The second kappa shape index (κ2) is 7.25. The first-order valence-corrected chi connectivity index (χ1v) is 7.52. The van der Waals surface area contributed by atoms with Gasteiger partial charge in [0.1, 0.15) is 12.1 Å². The van der Waals surface area contributed by atoms with Crippen LogP contribution in [0.1, 0.15) is 31.1 Å². The predicted molar refractivity (Wildman–Crippen MR) is 81.2 cm³/mol. The lowest BCUT2D eigenvalue weighted by Gasteiger charge is -2.22. The zero-order valence-electron chi connectivity index (χ0n) is 13.2. The molecule has 0 aliphatic rings. The third-order valence-corrected chi connectivity index (χ3v) is 3.21. The molecule has 0 unspecified atom stereocenters. The van der Waals surface area contributed by atoms with Gasteiger partial charge in [-0.3, -0.25) is 9.59 Å². The molecule has 0 aliphatic heterocycles. The highest BCUT2D eigenvalue weighted by Gasteiger charge is 2.29. The second-order valence-electron chi connectivity index (χ2n) is 5.82. The lowest BCUT2D eigenvalue weighted by molar-refractivity contribution is -0.155. The van der Waals surface area contributed by atoms with Crippen molar-refractivity contribution in [3.8, 4) is 0 Å². The number of nitrogens with zero attached hydrogens (tertiary/aromatic N) is 1. The molecule has 1 amide bonds. The molecule has 0 saturated heterocycles. The highest BCUT2D eigenvalue weighted by Crippen LogP contribution is 2.36. The Morgan fingerprint density at radius 2 is 1.65 bits per heavy atom. The van der Waals surface area contributed by atoms with Crippen LogP contribution in [0.2, 0.25) is 0 Å². The summed E-state index contributed by atoms with van der Waals surface area (Å²) in [5.74, 6) is -1.03. The van der Waals surface area contributed by atoms with E-state index in [1.807, 2.05) is 0 Å². The summed E-state index contributed by atoms with van der Waals surface area (Å²) >= 11 is -0.252. The average molecular weight is 349 g/mol. The van der Waals surface area contributed by atoms with Crippen LogP contribution < -0.4 is 0 Å². The average Bonchev–Trinajstić information content (AvgIpc) is 2.34. The molecule has 0 spiro atoms. The lowest BCUT2D eigenvalue weighted by Crippen LogP contribution is -2.36. The summed E-state index contributed by atoms with van der Waals surface area (Å²) in [5, 5.41) is 0. The molecule has 0 aliphatic carbocycles. The molecular formula is C15H18F3NO3S. The van der Waals surface area contributed by atoms with Gasteiger partial charge in [0.2, 0.25) is 0 Å². The van der Waals surface area contributed by atoms with Crippen LogP contribution in [0.15, 0.2) is 29.2 Å². The number of amides is 1. The third-order valence-electron chi connectivity index (χ3n) is 2.47. The zero-order chi connectivity index (χ0) is 17.8. The number of hydrogen-bond donors (Lipinski definition) is 0. The maximum Gasteiger partial charge on any atom is 0.446 e. The standard InChI is InChI=1S/C15H18F3NO3S/c1-14(2,3)22-12(20)9-19(4)13(21)10-5-7-11(8-6-10)23-15(16,17)18/h5-8H,9H2,1-4H3. The van der Waals surface area contributed by atoms with Crippen molar-refractivity contribution in [2.45, 2.75) is 36.8 Å². The van der Waals surface area contributed by atoms with Gasteiger partial charge in [-0.25, -0.2) is 0 Å². The topological polar surface area (TPSA) is 46.6 Å². The molecule has 23 heavy (non-hydrogen) atoms. The van der Waals surface area contributed by atoms with E-state index in [2.05, 4.69) is 0 Å². The number of rotatable bonds is 4. The molecule has 0 fully saturated rings. The van der Waals surface area contributed by atoms with Gasteiger partial charge in [0.25, 0.3) is 5.91 Å². The number of carbonyl (C=O) groups is 2. The van der Waals surface area contributed by atoms with Crippen molar-refractivity contribution in [2.75, 3.05) is 13.6 Å². The van der Waals surface area contributed by atoms with Gasteiger partial charge in [-0.2, -0.15) is 13.2 Å². The molecule has 1 rings (SSSR count). The Morgan fingerprint density at radius 1 is 1.13 bits per heavy atom. The van der Waals surface area contributed by atoms with E-state index in [0.717, 1.165) is 4.90 Å². The number of esters is 1. The highest BCUT2D eigenvalue weighted by molar-refractivity contribution is 8.00. The van der Waals surface area contributed by atoms with E-state index in [-0.39, 0.29) is 28.8 Å². The zero-order valence-corrected chi connectivity index (χ0v) is 14.0. The second-order valence-corrected chi connectivity index (χ2v) is 6.96. The van der Waals surface area contributed by atoms with Crippen molar-refractivity contribution in [1.29, 1.82) is 0 Å². The third kappa shape index (κ3) is 7.40. The lowest BCUT2D eigenvalue weighted by atomic mass is 10.2. The number of hydrogen-bond acceptors (Lipinski definition) is 4. The molecule has 1 aromatic carbocycles. The summed E-state index contributed by atoms with van der Waals surface area (Å²) in [6, 6.07) is 5.02. The Hall–Kier alpha value is -1.70. The fourth-order valence-electron chi connectivity index (χ4n) is 1.66. The van der Waals surface area contributed by atoms with E-state index in [1.54, 1.807) is 20.8 Å². The van der Waals surface area contributed by atoms with Crippen molar-refractivity contribution in [1.82, 2.24) is 4.90 Å². The molecule has 0 heterocycles. The maximum atomic E-state index is 12.2. The molecule has 0 atom stereocenters. The van der Waals surface area contributed by atoms with Gasteiger partial charge in [-0.1, -0.05) is 0 Å². The summed E-state index contributed by atoms with van der Waals surface area (Å²) in [5.41, 5.74) is -4.83. The van der Waals surface area contributed by atoms with E-state index in [1.165, 1.54) is 31.3 Å². The molecule has 0 bridgehead atoms. The molecule has 4 nitrogen and oxygen atoms in total. The van der Waals surface area contributed by atoms with Crippen LogP contribution in [0.25, 0.3) is 0 Å². The van der Waals surface area contributed by atoms with Crippen LogP contribution in [0.5, 0.6) is 0 Å². The SMILES string of the molecule is CN(CC(=O)OC(C)(C)C)C(=O)c1ccc(SC(F)(F)F)cc1. The number of likely N-dealkylation sites (N-methyl/N-ethyl adjacent to an activating group) is 1. The van der Waals surface area contributed by atoms with E-state index >= 15 is 0 Å². The van der Waals surface area contributed by atoms with Crippen LogP contribution in [-0.4, -0.2) is 41.5 Å². The minimum atomic E-state index is -4.38. The Bertz CT molecular complexity index is 565. The van der Waals surface area contributed by atoms with Crippen LogP contribution in [0, 0.1) is 0 Å². The fourth-order valence-corrected chi connectivity index (χ4v) is 2.20. The molecule has 128 valence electrons. The quantitative estimate of drug-likeness (QED) is 0.614. The fraction of sp³-hybridized carbons (Fsp3) is 0.467. The van der Waals surface area contributed by atoms with Gasteiger partial charge in [0.15, 0.2) is 0 Å². The van der Waals surface area contributed by atoms with Gasteiger partial charge < -0.3 is 9.64 Å². The van der Waals surface area contributed by atoms with Crippen molar-refractivity contribution < 1.29 is 27.5 Å². The molecule has 0 N–H and O–H groups in total. The van der Waals surface area contributed by atoms with Gasteiger partial charge >= 0.3 is 11.5 Å². The minimum absolute atomic E-state index is 0.0103. The number of ether oxygens (including phenoxy) is 1. The number of alkyl halides is 3. The van der Waals surface area contributed by atoms with E-state index in [4.69, 9.17) is 4.74 Å². The van der Waals surface area contributed by atoms with Crippen molar-refractivity contribution >= 4 is 23.6 Å². The van der Waals surface area contributed by atoms with Crippen molar-refractivity contribution in [3.05, 3.63) is 29.8 Å². The van der Waals surface area contributed by atoms with Crippen LogP contribution in [0.3, 0.4) is 0 Å². The number of thioether (sulfide) groups is 1. The summed E-state index contributed by atoms with van der Waals surface area (Å²) < 4.78 is 41.8. The minimum Gasteiger partial charge on any atom is -0.459 e. The van der Waals surface area contributed by atoms with E-state index in [9.17, 15) is 22.8 Å². The Morgan fingerprint density at radius 3 is 2.09 bits per heavy atom. The largest absolute Gasteiger partial charge is 0.459 e. The van der Waals surface area contributed by atoms with E-state index in [0.29, 0.717) is 0 Å². The Labute approximate surface area is 137 Å². The normalized spacial score (nSPS) is 12.0. The van der Waals surface area contributed by atoms with Gasteiger partial charge in [-0.15, -0.1) is 0 Å². The van der Waals surface area contributed by atoms with Crippen molar-refractivity contribution in [2.24, 2.45) is 0 Å². The number of carbonyl (C=O) groups excluding carboxylic acids is 2. The van der Waals surface area contributed by atoms with Gasteiger partial charge in [0, 0.05) is 17.5 Å². The Kier molecular flexibility index (Phi) is 6.10. The summed E-state index contributed by atoms with van der Waals surface area (Å²) in [7, 11) is 1.42. The predicted octanol–water partition coefficient (Wildman–Crippen LogP) is 3.71. The highest BCUT2D eigenvalue weighted by atomic mass is 32.2. The molecule has 0 saturated carbocycles. The van der Waals surface area contributed by atoms with Crippen LogP contribution in [-0.2, 0) is 9.53 Å². The molecule has 8 heteroatoms. The molecular weight excluding hydrogens is 331 g/mol. The van der Waals surface area contributed by atoms with Crippen molar-refractivity contribution in [3.63, 3.8) is 0 Å². The monoisotopic (exact) mass is 349 g/mol. The first kappa shape index (κ1) is 19.3. The number of benzene rings is 1. The number of halogens is 3. The molecule has 0 radical (unpaired) electrons. The molecule has 0 aromatic heterocycles. The Balaban J connectivity index is 2.68. The summed E-state index contributed by atoms with van der Waals surface area (Å²) in [6.07, 6.45) is 0. The van der Waals surface area contributed by atoms with E-state index < -0.39 is 23.0 Å². The smallest absolute Gasteiger partial charge is 0.446 e. The first-order chi connectivity index (χ1) is 10.4. The van der Waals surface area contributed by atoms with Crippen LogP contribution >= 0.6 is 11.8 Å². The first-order valence-electron chi connectivity index (χ1n) is 6.70. The van der Waals surface area contributed by atoms with Gasteiger partial charge in [-0.05, 0) is 56.8 Å². The summed E-state index contributed by atoms with van der Waals surface area (Å²) in [4.78, 5) is 24.9. The van der Waals surface area contributed by atoms with Crippen LogP contribution in [0.4, 0.5) is 13.2 Å². The summed E-state index contributed by atoms with van der Waals surface area (Å²) in [6.45, 7) is 4.90. The van der Waals surface area contributed by atoms with Gasteiger partial charge in [0.05, 0.1) is 0 Å². The molecule has 1 aromatic rings.